The summed E-state index contributed by atoms with van der Waals surface area (Å²) in [5.41, 5.74) is 1.68. The fourth-order valence-electron chi connectivity index (χ4n) is 3.50. The molecule has 2 heterocycles. The van der Waals surface area contributed by atoms with Crippen LogP contribution < -0.4 is 10.1 Å². The number of rotatable bonds is 8. The fourth-order valence-corrected chi connectivity index (χ4v) is 3.50. The van der Waals surface area contributed by atoms with Crippen molar-refractivity contribution in [1.29, 1.82) is 0 Å². The Morgan fingerprint density at radius 2 is 1.97 bits per heavy atom. The summed E-state index contributed by atoms with van der Waals surface area (Å²) in [6.07, 6.45) is 6.28. The number of likely N-dealkylation sites (tertiary alicyclic amines) is 1. The van der Waals surface area contributed by atoms with Crippen LogP contribution in [0.2, 0.25) is 0 Å². The van der Waals surface area contributed by atoms with Crippen molar-refractivity contribution in [3.8, 4) is 5.75 Å². The maximum absolute atomic E-state index is 12.4. The molecule has 3 rings (SSSR count). The summed E-state index contributed by atoms with van der Waals surface area (Å²) in [6.45, 7) is 4.72. The van der Waals surface area contributed by atoms with Gasteiger partial charge in [0.25, 0.3) is 5.91 Å². The Hall–Kier alpha value is -2.89. The highest BCUT2D eigenvalue weighted by Crippen LogP contribution is 2.19. The van der Waals surface area contributed by atoms with Crippen molar-refractivity contribution in [2.75, 3.05) is 26.2 Å². The number of pyridine rings is 1. The molecule has 6 nitrogen and oxygen atoms in total. The van der Waals surface area contributed by atoms with Crippen molar-refractivity contribution in [1.82, 2.24) is 15.2 Å². The molecule has 1 N–H and O–H groups in total. The number of carbonyl (C=O) groups excluding carboxylic acids is 2. The van der Waals surface area contributed by atoms with Gasteiger partial charge in [-0.1, -0.05) is 18.2 Å². The molecule has 29 heavy (non-hydrogen) atoms. The molecule has 0 spiro atoms. The van der Waals surface area contributed by atoms with Crippen molar-refractivity contribution >= 4 is 11.8 Å². The number of hydrogen-bond donors (Lipinski definition) is 1. The number of carbonyl (C=O) groups is 2. The van der Waals surface area contributed by atoms with Gasteiger partial charge < -0.3 is 15.0 Å². The van der Waals surface area contributed by atoms with Gasteiger partial charge in [-0.15, -0.1) is 0 Å². The normalized spacial score (nSPS) is 14.4. The SMILES string of the molecule is Cc1ccccc1OCCCC(=O)N1CCC(CNC(=O)c2cccnc2)CC1. The van der Waals surface area contributed by atoms with Crippen LogP contribution >= 0.6 is 0 Å². The topological polar surface area (TPSA) is 71.5 Å². The van der Waals surface area contributed by atoms with E-state index in [1.54, 1.807) is 24.5 Å². The first-order chi connectivity index (χ1) is 14.1. The van der Waals surface area contributed by atoms with Crippen molar-refractivity contribution in [3.05, 3.63) is 59.9 Å². The maximum atomic E-state index is 12.4. The molecule has 1 aliphatic heterocycles. The van der Waals surface area contributed by atoms with Gasteiger partial charge in [0, 0.05) is 38.4 Å². The van der Waals surface area contributed by atoms with E-state index in [4.69, 9.17) is 4.74 Å². The first kappa shape index (κ1) is 20.8. The van der Waals surface area contributed by atoms with Crippen molar-refractivity contribution < 1.29 is 14.3 Å². The summed E-state index contributed by atoms with van der Waals surface area (Å²) in [5.74, 6) is 1.39. The summed E-state index contributed by atoms with van der Waals surface area (Å²) in [4.78, 5) is 30.4. The highest BCUT2D eigenvalue weighted by Gasteiger charge is 2.23. The Kier molecular flexibility index (Phi) is 7.61. The van der Waals surface area contributed by atoms with E-state index in [0.717, 1.165) is 37.2 Å². The number of para-hydroxylation sites is 1. The molecule has 1 fully saturated rings. The zero-order chi connectivity index (χ0) is 20.5. The number of amides is 2. The van der Waals surface area contributed by atoms with Crippen LogP contribution in [0.15, 0.2) is 48.8 Å². The van der Waals surface area contributed by atoms with Gasteiger partial charge in [-0.3, -0.25) is 14.6 Å². The van der Waals surface area contributed by atoms with Crippen LogP contribution in [0.5, 0.6) is 5.75 Å². The molecule has 154 valence electrons. The van der Waals surface area contributed by atoms with E-state index in [0.29, 0.717) is 37.5 Å². The summed E-state index contributed by atoms with van der Waals surface area (Å²) >= 11 is 0. The third-order valence-corrected chi connectivity index (χ3v) is 5.33. The Morgan fingerprint density at radius 3 is 2.69 bits per heavy atom. The predicted molar refractivity (Wildman–Crippen MR) is 112 cm³/mol. The lowest BCUT2D eigenvalue weighted by atomic mass is 9.96. The molecule has 0 aliphatic carbocycles. The summed E-state index contributed by atoms with van der Waals surface area (Å²) in [7, 11) is 0. The number of hydrogen-bond acceptors (Lipinski definition) is 4. The molecule has 0 bridgehead atoms. The molecule has 0 unspecified atom stereocenters. The lowest BCUT2D eigenvalue weighted by Crippen LogP contribution is -2.41. The predicted octanol–water partition coefficient (Wildman–Crippen LogP) is 3.22. The quantitative estimate of drug-likeness (QED) is 0.697. The highest BCUT2D eigenvalue weighted by atomic mass is 16.5. The molecule has 0 radical (unpaired) electrons. The van der Waals surface area contributed by atoms with Crippen LogP contribution in [0.25, 0.3) is 0 Å². The number of ether oxygens (including phenoxy) is 1. The van der Waals surface area contributed by atoms with Gasteiger partial charge in [0.2, 0.25) is 5.91 Å². The molecule has 1 aromatic heterocycles. The van der Waals surface area contributed by atoms with E-state index in [1.807, 2.05) is 36.1 Å². The van der Waals surface area contributed by atoms with E-state index in [9.17, 15) is 9.59 Å². The Bertz CT molecular complexity index is 802. The van der Waals surface area contributed by atoms with Crippen LogP contribution in [0, 0.1) is 12.8 Å². The summed E-state index contributed by atoms with van der Waals surface area (Å²) in [5, 5.41) is 2.98. The van der Waals surface area contributed by atoms with E-state index < -0.39 is 0 Å². The second-order valence-electron chi connectivity index (χ2n) is 7.49. The van der Waals surface area contributed by atoms with Crippen molar-refractivity contribution in [2.45, 2.75) is 32.6 Å². The van der Waals surface area contributed by atoms with Crippen LogP contribution in [0.3, 0.4) is 0 Å². The number of aryl methyl sites for hydroxylation is 1. The van der Waals surface area contributed by atoms with Crippen molar-refractivity contribution in [3.63, 3.8) is 0 Å². The van der Waals surface area contributed by atoms with Gasteiger partial charge in [-0.25, -0.2) is 0 Å². The molecule has 1 saturated heterocycles. The monoisotopic (exact) mass is 395 g/mol. The van der Waals surface area contributed by atoms with Crippen molar-refractivity contribution in [2.24, 2.45) is 5.92 Å². The minimum Gasteiger partial charge on any atom is -0.493 e. The van der Waals surface area contributed by atoms with E-state index in [-0.39, 0.29) is 11.8 Å². The smallest absolute Gasteiger partial charge is 0.252 e. The number of piperidine rings is 1. The van der Waals surface area contributed by atoms with E-state index in [2.05, 4.69) is 10.3 Å². The average molecular weight is 396 g/mol. The van der Waals surface area contributed by atoms with E-state index in [1.165, 1.54) is 0 Å². The molecule has 0 atom stereocenters. The second-order valence-corrected chi connectivity index (χ2v) is 7.49. The lowest BCUT2D eigenvalue weighted by molar-refractivity contribution is -0.132. The third-order valence-electron chi connectivity index (χ3n) is 5.33. The molecule has 6 heteroatoms. The van der Waals surface area contributed by atoms with Gasteiger partial charge in [-0.05, 0) is 55.9 Å². The summed E-state index contributed by atoms with van der Waals surface area (Å²) in [6, 6.07) is 11.4. The molecule has 2 aromatic rings. The van der Waals surface area contributed by atoms with Gasteiger partial charge in [0.15, 0.2) is 0 Å². The molecule has 0 saturated carbocycles. The maximum Gasteiger partial charge on any atom is 0.252 e. The minimum absolute atomic E-state index is 0.0924. The minimum atomic E-state index is -0.0924. The zero-order valence-corrected chi connectivity index (χ0v) is 17.0. The molecule has 1 aliphatic rings. The third kappa shape index (κ3) is 6.31. The lowest BCUT2D eigenvalue weighted by Gasteiger charge is -2.32. The summed E-state index contributed by atoms with van der Waals surface area (Å²) < 4.78 is 5.77. The molecular formula is C23H29N3O3. The van der Waals surface area contributed by atoms with Gasteiger partial charge in [0.05, 0.1) is 12.2 Å². The molecule has 1 aromatic carbocycles. The van der Waals surface area contributed by atoms with E-state index >= 15 is 0 Å². The first-order valence-corrected chi connectivity index (χ1v) is 10.3. The zero-order valence-electron chi connectivity index (χ0n) is 17.0. The molecular weight excluding hydrogens is 366 g/mol. The Morgan fingerprint density at radius 1 is 1.17 bits per heavy atom. The largest absolute Gasteiger partial charge is 0.493 e. The fraction of sp³-hybridized carbons (Fsp3) is 0.435. The van der Waals surface area contributed by atoms with Crippen LogP contribution in [-0.2, 0) is 4.79 Å². The van der Waals surface area contributed by atoms with Gasteiger partial charge >= 0.3 is 0 Å². The van der Waals surface area contributed by atoms with Crippen LogP contribution in [0.1, 0.15) is 41.6 Å². The number of nitrogens with one attached hydrogen (secondary N) is 1. The number of benzene rings is 1. The number of nitrogens with zero attached hydrogens (tertiary/aromatic N) is 2. The Balaban J connectivity index is 1.31. The van der Waals surface area contributed by atoms with Crippen LogP contribution in [-0.4, -0.2) is 47.9 Å². The van der Waals surface area contributed by atoms with Gasteiger partial charge in [0.1, 0.15) is 5.75 Å². The highest BCUT2D eigenvalue weighted by molar-refractivity contribution is 5.93. The first-order valence-electron chi connectivity index (χ1n) is 10.3. The Labute approximate surface area is 172 Å². The second kappa shape index (κ2) is 10.6. The van der Waals surface area contributed by atoms with Crippen LogP contribution in [0.4, 0.5) is 0 Å². The molecule has 2 amide bonds. The average Bonchev–Trinajstić information content (AvgIpc) is 2.77. The number of aromatic nitrogens is 1. The van der Waals surface area contributed by atoms with Gasteiger partial charge in [-0.2, -0.15) is 0 Å². The standard InChI is InChI=1S/C23H29N3O3/c1-18-6-2-3-8-21(18)29-15-5-9-22(27)26-13-10-19(11-14-26)16-25-23(28)20-7-4-12-24-17-20/h2-4,6-8,12,17,19H,5,9-11,13-16H2,1H3,(H,25,28).